The summed E-state index contributed by atoms with van der Waals surface area (Å²) in [7, 11) is 8.54. The Kier molecular flexibility index (Phi) is 29.5. The third-order valence-corrected chi connectivity index (χ3v) is 13.7. The van der Waals surface area contributed by atoms with Crippen LogP contribution in [0.5, 0.6) is 0 Å². The minimum absolute atomic E-state index is 0.0566. The molecule has 0 bridgehead atoms. The van der Waals surface area contributed by atoms with Crippen molar-refractivity contribution in [1.29, 1.82) is 0 Å². The van der Waals surface area contributed by atoms with Crippen molar-refractivity contribution in [1.82, 2.24) is 9.80 Å². The van der Waals surface area contributed by atoms with Crippen LogP contribution in [-0.4, -0.2) is 140 Å². The number of ether oxygens (including phenoxy) is 5. The maximum atomic E-state index is 13.4. The minimum Gasteiger partial charge on any atom is -0.462 e. The van der Waals surface area contributed by atoms with Gasteiger partial charge in [-0.1, -0.05) is 91.0 Å². The van der Waals surface area contributed by atoms with Crippen molar-refractivity contribution in [2.24, 2.45) is 41.4 Å². The molecule has 0 fully saturated rings. The lowest BCUT2D eigenvalue weighted by atomic mass is 9.82. The lowest BCUT2D eigenvalue weighted by molar-refractivity contribution is -0.165. The third kappa shape index (κ3) is 22.5. The summed E-state index contributed by atoms with van der Waals surface area (Å²) in [4.78, 5) is 53.5. The van der Waals surface area contributed by atoms with E-state index < -0.39 is 72.4 Å². The van der Waals surface area contributed by atoms with Crippen LogP contribution in [0.4, 0.5) is 0 Å². The van der Waals surface area contributed by atoms with Gasteiger partial charge < -0.3 is 43.9 Å². The van der Waals surface area contributed by atoms with Gasteiger partial charge in [0, 0.05) is 70.6 Å². The van der Waals surface area contributed by atoms with Gasteiger partial charge in [-0.25, -0.2) is 4.79 Å². The number of hydrogen-bond acceptors (Lipinski definition) is 13. The highest BCUT2D eigenvalue weighted by atomic mass is 16.6. The monoisotopic (exact) mass is 947 g/mol. The average Bonchev–Trinajstić information content (AvgIpc) is 3.29. The van der Waals surface area contributed by atoms with Gasteiger partial charge >= 0.3 is 17.9 Å². The van der Waals surface area contributed by atoms with Crippen LogP contribution in [0, 0.1) is 41.4 Å². The fraction of sp³-hybridized carbons (Fsp3) is 0.736. The van der Waals surface area contributed by atoms with Gasteiger partial charge in [0.05, 0.1) is 30.5 Å². The van der Waals surface area contributed by atoms with E-state index in [1.54, 1.807) is 77.7 Å². The van der Waals surface area contributed by atoms with E-state index in [9.17, 15) is 34.5 Å². The molecule has 14 nitrogen and oxygen atoms in total. The summed E-state index contributed by atoms with van der Waals surface area (Å²) in [6, 6.07) is -0.551. The van der Waals surface area contributed by atoms with Crippen molar-refractivity contribution in [2.75, 3.05) is 35.4 Å². The molecule has 0 saturated heterocycles. The number of esters is 3. The first-order chi connectivity index (χ1) is 31.5. The molecule has 384 valence electrons. The van der Waals surface area contributed by atoms with Crippen LogP contribution in [0.15, 0.2) is 60.4 Å². The first kappa shape index (κ1) is 61.4. The summed E-state index contributed by atoms with van der Waals surface area (Å²) in [6.07, 6.45) is 15.9. The van der Waals surface area contributed by atoms with E-state index in [2.05, 4.69) is 19.9 Å². The maximum Gasteiger partial charge on any atom is 0.331 e. The van der Waals surface area contributed by atoms with Crippen molar-refractivity contribution in [3.8, 4) is 0 Å². The van der Waals surface area contributed by atoms with Crippen LogP contribution in [0.3, 0.4) is 0 Å². The predicted molar refractivity (Wildman–Crippen MR) is 263 cm³/mol. The quantitative estimate of drug-likeness (QED) is 0.0529. The number of aliphatic hydroxyl groups is 3. The zero-order chi connectivity index (χ0) is 51.0. The zero-order valence-electron chi connectivity index (χ0n) is 43.6. The molecule has 0 unspecified atom stereocenters. The van der Waals surface area contributed by atoms with Crippen molar-refractivity contribution in [2.45, 2.75) is 175 Å². The fourth-order valence-electron chi connectivity index (χ4n) is 8.43. The number of hydrogen-bond donors (Lipinski definition) is 3. The topological polar surface area (TPSA) is 182 Å². The van der Waals surface area contributed by atoms with Gasteiger partial charge in [0.15, 0.2) is 0 Å². The van der Waals surface area contributed by atoms with Crippen LogP contribution in [0.1, 0.15) is 121 Å². The van der Waals surface area contributed by atoms with Crippen LogP contribution >= 0.6 is 0 Å². The first-order valence-electron chi connectivity index (χ1n) is 24.4. The molecule has 0 radical (unpaired) electrons. The number of aliphatic hydroxyl groups excluding tert-OH is 3. The Morgan fingerprint density at radius 3 is 2.19 bits per heavy atom. The number of cyclic esters (lactones) is 1. The van der Waals surface area contributed by atoms with Crippen molar-refractivity contribution in [3.05, 3.63) is 60.4 Å². The summed E-state index contributed by atoms with van der Waals surface area (Å²) in [5, 5.41) is 34.0. The molecule has 0 saturated carbocycles. The summed E-state index contributed by atoms with van der Waals surface area (Å²) in [5.41, 5.74) is 1.13. The molecule has 14 heteroatoms. The Balaban J connectivity index is 3.50. The molecular weight excluding hydrogens is 857 g/mol. The summed E-state index contributed by atoms with van der Waals surface area (Å²) < 4.78 is 29.8. The molecule has 1 aliphatic heterocycles. The molecular formula is C53H90N2O12. The van der Waals surface area contributed by atoms with Crippen molar-refractivity contribution < 1.29 is 58.2 Å². The van der Waals surface area contributed by atoms with Gasteiger partial charge in [-0.3, -0.25) is 19.3 Å². The number of rotatable bonds is 18. The SMILES string of the molecule is CO[C@H]1CC[C@@H](C)[C@@H](O)[C@H](C)[C@H](O)C/C=C/C=C/C(=O)O[C@H]([C@@H](C)[C@@H](O)[C@@H](C)CC[C@@H](OC(=O)[C@H](C)N(C)C)[C@H](C)[C@H](OC(C)=O)[C@H](C)/C=C/N(C)C=O)C/C=C/[C@H](OC)C[C@H](C)C/C=C/1C. The first-order valence-corrected chi connectivity index (χ1v) is 24.4. The molecule has 0 spiro atoms. The number of likely N-dealkylation sites (N-methyl/N-ethyl adjacent to an activating group) is 1. The Hall–Kier alpha value is -3.66. The van der Waals surface area contributed by atoms with E-state index >= 15 is 0 Å². The average molecular weight is 947 g/mol. The highest BCUT2D eigenvalue weighted by Crippen LogP contribution is 2.31. The summed E-state index contributed by atoms with van der Waals surface area (Å²) in [6.45, 7) is 18.6. The van der Waals surface area contributed by atoms with E-state index in [0.29, 0.717) is 25.7 Å². The molecule has 1 aliphatic rings. The summed E-state index contributed by atoms with van der Waals surface area (Å²) >= 11 is 0. The van der Waals surface area contributed by atoms with Crippen LogP contribution < -0.4 is 0 Å². The van der Waals surface area contributed by atoms with Gasteiger partial charge in [0.1, 0.15) is 24.4 Å². The largest absolute Gasteiger partial charge is 0.462 e. The second-order valence-corrected chi connectivity index (χ2v) is 19.6. The fourth-order valence-corrected chi connectivity index (χ4v) is 8.43. The van der Waals surface area contributed by atoms with Gasteiger partial charge in [-0.15, -0.1) is 0 Å². The van der Waals surface area contributed by atoms with Crippen LogP contribution in [0.25, 0.3) is 0 Å². The molecule has 3 N–H and O–H groups in total. The van der Waals surface area contributed by atoms with E-state index in [1.807, 2.05) is 53.7 Å². The second kappa shape index (κ2) is 32.2. The summed E-state index contributed by atoms with van der Waals surface area (Å²) in [5.74, 6) is -3.39. The molecule has 16 atom stereocenters. The lowest BCUT2D eigenvalue weighted by Gasteiger charge is -2.35. The minimum atomic E-state index is -0.940. The highest BCUT2D eigenvalue weighted by molar-refractivity contribution is 5.82. The van der Waals surface area contributed by atoms with Crippen molar-refractivity contribution >= 4 is 24.3 Å². The number of nitrogens with zero attached hydrogens (tertiary/aromatic N) is 2. The number of methoxy groups -OCH3 is 2. The highest BCUT2D eigenvalue weighted by Gasteiger charge is 2.37. The van der Waals surface area contributed by atoms with E-state index in [0.717, 1.165) is 31.3 Å². The Labute approximate surface area is 403 Å². The van der Waals surface area contributed by atoms with E-state index in [-0.39, 0.29) is 48.2 Å². The molecule has 1 amide bonds. The second-order valence-electron chi connectivity index (χ2n) is 19.6. The predicted octanol–water partition coefficient (Wildman–Crippen LogP) is 7.61. The van der Waals surface area contributed by atoms with Crippen molar-refractivity contribution in [3.63, 3.8) is 0 Å². The lowest BCUT2D eigenvalue weighted by Crippen LogP contribution is -2.43. The number of carbonyl (C=O) groups is 4. The molecule has 0 aromatic rings. The normalized spacial score (nSPS) is 30.4. The van der Waals surface area contributed by atoms with Gasteiger partial charge in [-0.2, -0.15) is 0 Å². The molecule has 0 aromatic carbocycles. The number of amides is 1. The van der Waals surface area contributed by atoms with E-state index in [4.69, 9.17) is 23.7 Å². The Morgan fingerprint density at radius 2 is 1.60 bits per heavy atom. The molecule has 1 rings (SSSR count). The molecule has 0 aromatic heterocycles. The van der Waals surface area contributed by atoms with Gasteiger partial charge in [0.25, 0.3) is 0 Å². The van der Waals surface area contributed by atoms with Crippen LogP contribution in [-0.2, 0) is 42.9 Å². The molecule has 1 heterocycles. The van der Waals surface area contributed by atoms with E-state index in [1.165, 1.54) is 17.9 Å². The third-order valence-electron chi connectivity index (χ3n) is 13.7. The Bertz CT molecular complexity index is 1610. The van der Waals surface area contributed by atoms with Crippen LogP contribution in [0.2, 0.25) is 0 Å². The maximum absolute atomic E-state index is 13.4. The van der Waals surface area contributed by atoms with Gasteiger partial charge in [0.2, 0.25) is 6.41 Å². The zero-order valence-corrected chi connectivity index (χ0v) is 43.6. The standard InChI is InChI=1S/C53H90N2O12/c1-34-24-25-35(2)46(64-15)28-26-36(3)50(60)39(6)45(58)21-17-16-18-23-49(59)66-47(22-19-20-44(32-34)63-14)40(7)51(61)37(4)27-29-48(67-53(62)42(9)54(11)12)41(8)52(65-43(10)57)38(5)30-31-55(13)33-56/h16-20,23,25,30-31,33-34,36-42,44-48,50-52,58,60-61H,21-22,24,26-29,32H2,1-15H3/b17-16+,20-19+,23-18+,31-30+,35-25+/t34-,36-,37+,38-,39-,40-,41+,42+,44+,45-,46+,47+,48-,50-,51+,52-/m1/s1. The van der Waals surface area contributed by atoms with Gasteiger partial charge in [-0.05, 0) is 96.2 Å². The number of carbonyl (C=O) groups excluding carboxylic acids is 4. The molecule has 0 aliphatic carbocycles. The smallest absolute Gasteiger partial charge is 0.331 e. The number of allylic oxidation sites excluding steroid dienone is 3. The molecule has 67 heavy (non-hydrogen) atoms. The Morgan fingerprint density at radius 1 is 0.925 bits per heavy atom.